The maximum absolute atomic E-state index is 12.2. The summed E-state index contributed by atoms with van der Waals surface area (Å²) in [7, 11) is 0. The molecule has 5 nitrogen and oxygen atoms in total. The molecular weight excluding hydrogens is 268 g/mol. The number of likely N-dealkylation sites (tertiary alicyclic amines) is 1. The summed E-state index contributed by atoms with van der Waals surface area (Å²) < 4.78 is 11.0. The van der Waals surface area contributed by atoms with Gasteiger partial charge in [-0.1, -0.05) is 6.07 Å². The lowest BCUT2D eigenvalue weighted by atomic mass is 10.1. The largest absolute Gasteiger partial charge is 0.486 e. The normalized spacial score (nSPS) is 21.0. The number of amides is 1. The molecule has 1 amide bonds. The molecule has 0 saturated carbocycles. The number of hydrogen-bond donors (Lipinski definition) is 1. The molecule has 2 aliphatic heterocycles. The van der Waals surface area contributed by atoms with E-state index < -0.39 is 0 Å². The van der Waals surface area contributed by atoms with Crippen LogP contribution in [0.1, 0.15) is 18.4 Å². The number of nitrogens with zero attached hydrogens (tertiary/aromatic N) is 1. The summed E-state index contributed by atoms with van der Waals surface area (Å²) in [5, 5.41) is 0. The molecule has 1 aromatic carbocycles. The quantitative estimate of drug-likeness (QED) is 0.854. The van der Waals surface area contributed by atoms with E-state index in [0.29, 0.717) is 19.8 Å². The van der Waals surface area contributed by atoms with Gasteiger partial charge < -0.3 is 20.1 Å². The maximum Gasteiger partial charge on any atom is 0.246 e. The molecular formula is C16H20N2O3. The zero-order valence-corrected chi connectivity index (χ0v) is 12.0. The zero-order valence-electron chi connectivity index (χ0n) is 12.0. The van der Waals surface area contributed by atoms with Gasteiger partial charge in [-0.25, -0.2) is 0 Å². The van der Waals surface area contributed by atoms with Gasteiger partial charge in [-0.3, -0.25) is 4.79 Å². The lowest BCUT2D eigenvalue weighted by molar-refractivity contribution is -0.126. The van der Waals surface area contributed by atoms with E-state index in [1.807, 2.05) is 29.2 Å². The Bertz CT molecular complexity index is 556. The predicted octanol–water partition coefficient (Wildman–Crippen LogP) is 1.42. The first-order chi connectivity index (χ1) is 10.3. The topological polar surface area (TPSA) is 64.8 Å². The minimum atomic E-state index is 0.0258. The average molecular weight is 288 g/mol. The summed E-state index contributed by atoms with van der Waals surface area (Å²) in [6, 6.07) is 5.86. The summed E-state index contributed by atoms with van der Waals surface area (Å²) >= 11 is 0. The van der Waals surface area contributed by atoms with Crippen molar-refractivity contribution in [3.63, 3.8) is 0 Å². The van der Waals surface area contributed by atoms with Crippen LogP contribution in [0.15, 0.2) is 24.3 Å². The van der Waals surface area contributed by atoms with Crippen molar-refractivity contribution < 1.29 is 14.3 Å². The first kappa shape index (κ1) is 13.9. The smallest absolute Gasteiger partial charge is 0.246 e. The Kier molecular flexibility index (Phi) is 4.10. The van der Waals surface area contributed by atoms with Crippen molar-refractivity contribution in [3.8, 4) is 11.5 Å². The average Bonchev–Trinajstić information content (AvgIpc) is 3.01. The molecule has 1 saturated heterocycles. The molecule has 3 rings (SSSR count). The summed E-state index contributed by atoms with van der Waals surface area (Å²) in [5.74, 6) is 1.52. The zero-order chi connectivity index (χ0) is 14.7. The highest BCUT2D eigenvalue weighted by Crippen LogP contribution is 2.31. The van der Waals surface area contributed by atoms with Gasteiger partial charge in [0.1, 0.15) is 13.2 Å². The van der Waals surface area contributed by atoms with Gasteiger partial charge in [-0.05, 0) is 36.6 Å². The van der Waals surface area contributed by atoms with E-state index in [0.717, 1.165) is 36.4 Å². The van der Waals surface area contributed by atoms with E-state index in [-0.39, 0.29) is 11.9 Å². The van der Waals surface area contributed by atoms with Gasteiger partial charge in [0.25, 0.3) is 0 Å². The van der Waals surface area contributed by atoms with Crippen molar-refractivity contribution in [1.29, 1.82) is 0 Å². The predicted molar refractivity (Wildman–Crippen MR) is 80.3 cm³/mol. The van der Waals surface area contributed by atoms with Crippen molar-refractivity contribution in [2.45, 2.75) is 18.9 Å². The monoisotopic (exact) mass is 288 g/mol. The second-order valence-electron chi connectivity index (χ2n) is 5.30. The number of rotatable bonds is 3. The van der Waals surface area contributed by atoms with Crippen molar-refractivity contribution in [2.75, 3.05) is 26.3 Å². The summed E-state index contributed by atoms with van der Waals surface area (Å²) in [5.41, 5.74) is 6.62. The Hall–Kier alpha value is -2.01. The lowest BCUT2D eigenvalue weighted by Gasteiger charge is -2.21. The summed E-state index contributed by atoms with van der Waals surface area (Å²) in [4.78, 5) is 14.1. The molecule has 112 valence electrons. The minimum absolute atomic E-state index is 0.0258. The van der Waals surface area contributed by atoms with Crippen molar-refractivity contribution in [3.05, 3.63) is 29.8 Å². The van der Waals surface area contributed by atoms with Gasteiger partial charge in [0.05, 0.1) is 0 Å². The van der Waals surface area contributed by atoms with E-state index >= 15 is 0 Å². The van der Waals surface area contributed by atoms with Crippen LogP contribution in [0, 0.1) is 0 Å². The highest BCUT2D eigenvalue weighted by molar-refractivity contribution is 5.92. The van der Waals surface area contributed by atoms with E-state index in [9.17, 15) is 4.79 Å². The third-order valence-corrected chi connectivity index (χ3v) is 3.92. The Labute approximate surface area is 124 Å². The molecule has 0 aliphatic carbocycles. The fraction of sp³-hybridized carbons (Fsp3) is 0.438. The molecule has 1 unspecified atom stereocenters. The van der Waals surface area contributed by atoms with Crippen LogP contribution in [-0.4, -0.2) is 43.2 Å². The van der Waals surface area contributed by atoms with Crippen LogP contribution < -0.4 is 15.2 Å². The van der Waals surface area contributed by atoms with Gasteiger partial charge in [0.2, 0.25) is 5.91 Å². The molecule has 0 spiro atoms. The molecule has 0 radical (unpaired) electrons. The molecule has 2 aliphatic rings. The van der Waals surface area contributed by atoms with Crippen molar-refractivity contribution in [1.82, 2.24) is 4.90 Å². The van der Waals surface area contributed by atoms with Gasteiger partial charge in [0.15, 0.2) is 11.5 Å². The Morgan fingerprint density at radius 2 is 2.14 bits per heavy atom. The molecule has 5 heteroatoms. The van der Waals surface area contributed by atoms with Crippen LogP contribution in [0.5, 0.6) is 11.5 Å². The number of hydrogen-bond acceptors (Lipinski definition) is 4. The fourth-order valence-electron chi connectivity index (χ4n) is 2.80. The molecule has 2 heterocycles. The molecule has 0 bridgehead atoms. The lowest BCUT2D eigenvalue weighted by Crippen LogP contribution is -2.38. The highest BCUT2D eigenvalue weighted by Gasteiger charge is 2.25. The first-order valence-electron chi connectivity index (χ1n) is 7.36. The van der Waals surface area contributed by atoms with E-state index in [1.165, 1.54) is 0 Å². The molecule has 0 aromatic heterocycles. The van der Waals surface area contributed by atoms with Crippen LogP contribution in [0.3, 0.4) is 0 Å². The number of fused-ring (bicyclic) bond motifs is 1. The van der Waals surface area contributed by atoms with Gasteiger partial charge in [-0.15, -0.1) is 0 Å². The maximum atomic E-state index is 12.2. The Morgan fingerprint density at radius 1 is 1.33 bits per heavy atom. The van der Waals surface area contributed by atoms with Gasteiger partial charge >= 0.3 is 0 Å². The third kappa shape index (κ3) is 3.03. The van der Waals surface area contributed by atoms with Crippen molar-refractivity contribution >= 4 is 12.0 Å². The Morgan fingerprint density at radius 3 is 2.95 bits per heavy atom. The number of benzene rings is 1. The van der Waals surface area contributed by atoms with Crippen LogP contribution in [0.2, 0.25) is 0 Å². The molecule has 2 N–H and O–H groups in total. The fourth-order valence-corrected chi connectivity index (χ4v) is 2.80. The summed E-state index contributed by atoms with van der Waals surface area (Å²) in [6.07, 6.45) is 5.46. The van der Waals surface area contributed by atoms with Crippen LogP contribution in [0.25, 0.3) is 6.08 Å². The van der Waals surface area contributed by atoms with Crippen LogP contribution >= 0.6 is 0 Å². The first-order valence-corrected chi connectivity index (χ1v) is 7.36. The molecule has 1 atom stereocenters. The van der Waals surface area contributed by atoms with E-state index in [4.69, 9.17) is 15.2 Å². The molecule has 1 aromatic rings. The van der Waals surface area contributed by atoms with E-state index in [2.05, 4.69) is 0 Å². The summed E-state index contributed by atoms with van der Waals surface area (Å²) in [6.45, 7) is 2.47. The highest BCUT2D eigenvalue weighted by atomic mass is 16.6. The number of carbonyl (C=O) groups excluding carboxylic acids is 1. The number of ether oxygens (including phenoxy) is 2. The van der Waals surface area contributed by atoms with Crippen molar-refractivity contribution in [2.24, 2.45) is 5.73 Å². The van der Waals surface area contributed by atoms with Gasteiger partial charge in [-0.2, -0.15) is 0 Å². The van der Waals surface area contributed by atoms with Crippen LogP contribution in [-0.2, 0) is 4.79 Å². The Balaban J connectivity index is 1.69. The minimum Gasteiger partial charge on any atom is -0.486 e. The second kappa shape index (κ2) is 6.18. The van der Waals surface area contributed by atoms with E-state index in [1.54, 1.807) is 6.08 Å². The third-order valence-electron chi connectivity index (χ3n) is 3.92. The number of nitrogens with two attached hydrogens (primary N) is 1. The van der Waals surface area contributed by atoms with Crippen LogP contribution in [0.4, 0.5) is 0 Å². The SMILES string of the molecule is NCC1CCCN1C(=O)C=Cc1ccc2c(c1)OCCO2. The number of carbonyl (C=O) groups is 1. The molecule has 1 fully saturated rings. The van der Waals surface area contributed by atoms with Gasteiger partial charge in [0, 0.05) is 25.2 Å². The molecule has 21 heavy (non-hydrogen) atoms. The standard InChI is InChI=1S/C16H20N2O3/c17-11-13-2-1-7-18(13)16(19)6-4-12-3-5-14-15(10-12)21-9-8-20-14/h3-6,10,13H,1-2,7-9,11,17H2. The second-order valence-corrected chi connectivity index (χ2v) is 5.30.